The number of hydrogen-bond acceptors (Lipinski definition) is 2. The van der Waals surface area contributed by atoms with Gasteiger partial charge in [-0.1, -0.05) is 79.2 Å². The number of aliphatic hydroxyl groups is 2. The fourth-order valence-electron chi connectivity index (χ4n) is 2.34. The largest absolute Gasteiger partial charge is 0.388 e. The highest BCUT2D eigenvalue weighted by atomic mass is 79.9. The van der Waals surface area contributed by atoms with Gasteiger partial charge < -0.3 is 10.2 Å². The SMILES string of the molecule is CC(C)(C)[C@@H](O)c1ccccc1[C@@H](O)c1ccccc1Br. The van der Waals surface area contributed by atoms with Gasteiger partial charge in [-0.2, -0.15) is 0 Å². The summed E-state index contributed by atoms with van der Waals surface area (Å²) in [5.41, 5.74) is 2.02. The van der Waals surface area contributed by atoms with Crippen molar-refractivity contribution in [2.75, 3.05) is 0 Å². The van der Waals surface area contributed by atoms with Crippen molar-refractivity contribution in [1.29, 1.82) is 0 Å². The van der Waals surface area contributed by atoms with E-state index in [0.717, 1.165) is 21.2 Å². The molecule has 0 aromatic heterocycles. The third kappa shape index (κ3) is 3.54. The van der Waals surface area contributed by atoms with Crippen LogP contribution in [0.4, 0.5) is 0 Å². The molecule has 0 saturated carbocycles. The number of hydrogen-bond donors (Lipinski definition) is 2. The number of rotatable bonds is 3. The Morgan fingerprint density at radius 1 is 0.810 bits per heavy atom. The predicted octanol–water partition coefficient (Wildman–Crippen LogP) is 4.61. The fraction of sp³-hybridized carbons (Fsp3) is 0.333. The summed E-state index contributed by atoms with van der Waals surface area (Å²) in [6.07, 6.45) is -1.40. The third-order valence-corrected chi connectivity index (χ3v) is 4.33. The summed E-state index contributed by atoms with van der Waals surface area (Å²) in [4.78, 5) is 0. The number of halogens is 1. The molecule has 0 radical (unpaired) electrons. The maximum Gasteiger partial charge on any atom is 0.105 e. The summed E-state index contributed by atoms with van der Waals surface area (Å²) in [5, 5.41) is 21.3. The van der Waals surface area contributed by atoms with E-state index in [0.29, 0.717) is 0 Å². The summed E-state index contributed by atoms with van der Waals surface area (Å²) in [7, 11) is 0. The van der Waals surface area contributed by atoms with Crippen molar-refractivity contribution in [1.82, 2.24) is 0 Å². The van der Waals surface area contributed by atoms with Gasteiger partial charge in [0.15, 0.2) is 0 Å². The topological polar surface area (TPSA) is 40.5 Å². The summed E-state index contributed by atoms with van der Waals surface area (Å²) in [6.45, 7) is 5.96. The zero-order chi connectivity index (χ0) is 15.6. The van der Waals surface area contributed by atoms with Crippen LogP contribution < -0.4 is 0 Å². The average molecular weight is 349 g/mol. The third-order valence-electron chi connectivity index (χ3n) is 3.61. The smallest absolute Gasteiger partial charge is 0.105 e. The van der Waals surface area contributed by atoms with E-state index in [1.807, 2.05) is 69.3 Å². The molecule has 0 spiro atoms. The molecule has 2 aromatic carbocycles. The van der Waals surface area contributed by atoms with Crippen molar-refractivity contribution in [3.63, 3.8) is 0 Å². The van der Waals surface area contributed by atoms with Gasteiger partial charge in [0.25, 0.3) is 0 Å². The molecular formula is C18H21BrO2. The van der Waals surface area contributed by atoms with Crippen LogP contribution in [-0.2, 0) is 0 Å². The number of aliphatic hydroxyl groups excluding tert-OH is 2. The molecule has 112 valence electrons. The van der Waals surface area contributed by atoms with E-state index in [2.05, 4.69) is 15.9 Å². The van der Waals surface area contributed by atoms with Gasteiger partial charge in [0, 0.05) is 4.47 Å². The van der Waals surface area contributed by atoms with Crippen LogP contribution in [0.1, 0.15) is 49.7 Å². The first kappa shape index (κ1) is 16.2. The van der Waals surface area contributed by atoms with Crippen LogP contribution in [0.25, 0.3) is 0 Å². The van der Waals surface area contributed by atoms with Crippen LogP contribution in [0.3, 0.4) is 0 Å². The molecule has 2 atom stereocenters. The molecule has 2 aromatic rings. The molecular weight excluding hydrogens is 328 g/mol. The zero-order valence-electron chi connectivity index (χ0n) is 12.5. The number of benzene rings is 2. The van der Waals surface area contributed by atoms with Crippen LogP contribution in [0.2, 0.25) is 0 Å². The van der Waals surface area contributed by atoms with Gasteiger partial charge in [-0.05, 0) is 28.2 Å². The lowest BCUT2D eigenvalue weighted by Crippen LogP contribution is -2.20. The normalized spacial score (nSPS) is 14.8. The van der Waals surface area contributed by atoms with Crippen LogP contribution in [0.15, 0.2) is 53.0 Å². The maximum atomic E-state index is 10.7. The molecule has 2 N–H and O–H groups in total. The van der Waals surface area contributed by atoms with Crippen molar-refractivity contribution in [3.8, 4) is 0 Å². The van der Waals surface area contributed by atoms with E-state index in [4.69, 9.17) is 0 Å². The van der Waals surface area contributed by atoms with E-state index < -0.39 is 12.2 Å². The standard InChI is InChI=1S/C18H21BrO2/c1-18(2,3)17(21)13-9-5-4-8-12(13)16(20)14-10-6-7-11-15(14)19/h4-11,16-17,20-21H,1-3H3/t16-,17+/m1/s1. The van der Waals surface area contributed by atoms with Crippen molar-refractivity contribution < 1.29 is 10.2 Å². The van der Waals surface area contributed by atoms with Gasteiger partial charge in [0.1, 0.15) is 6.10 Å². The van der Waals surface area contributed by atoms with Gasteiger partial charge >= 0.3 is 0 Å². The van der Waals surface area contributed by atoms with E-state index in [-0.39, 0.29) is 5.41 Å². The Morgan fingerprint density at radius 2 is 1.29 bits per heavy atom. The zero-order valence-corrected chi connectivity index (χ0v) is 14.1. The molecule has 0 bridgehead atoms. The Morgan fingerprint density at radius 3 is 1.81 bits per heavy atom. The average Bonchev–Trinajstić information content (AvgIpc) is 2.45. The van der Waals surface area contributed by atoms with Crippen molar-refractivity contribution in [2.45, 2.75) is 33.0 Å². The predicted molar refractivity (Wildman–Crippen MR) is 89.1 cm³/mol. The first-order valence-corrected chi connectivity index (χ1v) is 7.81. The Hall–Kier alpha value is -1.16. The Labute approximate surface area is 134 Å². The van der Waals surface area contributed by atoms with Gasteiger partial charge in [-0.3, -0.25) is 0 Å². The van der Waals surface area contributed by atoms with Crippen molar-refractivity contribution in [3.05, 3.63) is 69.7 Å². The van der Waals surface area contributed by atoms with E-state index in [9.17, 15) is 10.2 Å². The highest BCUT2D eigenvalue weighted by Gasteiger charge is 2.28. The summed E-state index contributed by atoms with van der Waals surface area (Å²) in [6, 6.07) is 15.1. The van der Waals surface area contributed by atoms with Crippen molar-refractivity contribution >= 4 is 15.9 Å². The lowest BCUT2D eigenvalue weighted by molar-refractivity contribution is 0.0598. The first-order chi connectivity index (χ1) is 9.82. The van der Waals surface area contributed by atoms with E-state index >= 15 is 0 Å². The maximum absolute atomic E-state index is 10.7. The Bertz CT molecular complexity index is 617. The fourth-order valence-corrected chi connectivity index (χ4v) is 2.84. The minimum Gasteiger partial charge on any atom is -0.388 e. The van der Waals surface area contributed by atoms with Crippen LogP contribution in [0, 0.1) is 5.41 Å². The second-order valence-electron chi connectivity index (χ2n) is 6.32. The molecule has 0 aliphatic heterocycles. The van der Waals surface area contributed by atoms with E-state index in [1.54, 1.807) is 0 Å². The quantitative estimate of drug-likeness (QED) is 0.850. The monoisotopic (exact) mass is 348 g/mol. The highest BCUT2D eigenvalue weighted by molar-refractivity contribution is 9.10. The van der Waals surface area contributed by atoms with Crippen LogP contribution in [-0.4, -0.2) is 10.2 Å². The molecule has 0 fully saturated rings. The Kier molecular flexibility index (Phi) is 4.87. The molecule has 0 amide bonds. The molecule has 3 heteroatoms. The van der Waals surface area contributed by atoms with Gasteiger partial charge in [-0.25, -0.2) is 0 Å². The molecule has 2 rings (SSSR count). The van der Waals surface area contributed by atoms with Crippen molar-refractivity contribution in [2.24, 2.45) is 5.41 Å². The molecule has 0 saturated heterocycles. The minimum atomic E-state index is -0.770. The molecule has 0 aliphatic carbocycles. The lowest BCUT2D eigenvalue weighted by atomic mass is 9.81. The summed E-state index contributed by atoms with van der Waals surface area (Å²) < 4.78 is 0.859. The van der Waals surface area contributed by atoms with Crippen LogP contribution >= 0.6 is 15.9 Å². The minimum absolute atomic E-state index is 0.288. The van der Waals surface area contributed by atoms with Gasteiger partial charge in [0.05, 0.1) is 6.10 Å². The van der Waals surface area contributed by atoms with Gasteiger partial charge in [0.2, 0.25) is 0 Å². The molecule has 2 nitrogen and oxygen atoms in total. The lowest BCUT2D eigenvalue weighted by Gasteiger charge is -2.29. The summed E-state index contributed by atoms with van der Waals surface area (Å²) in [5.74, 6) is 0. The molecule has 0 aliphatic rings. The second kappa shape index (κ2) is 6.30. The highest BCUT2D eigenvalue weighted by Crippen LogP contribution is 2.38. The van der Waals surface area contributed by atoms with E-state index in [1.165, 1.54) is 0 Å². The molecule has 21 heavy (non-hydrogen) atoms. The molecule has 0 heterocycles. The summed E-state index contributed by atoms with van der Waals surface area (Å²) >= 11 is 3.47. The second-order valence-corrected chi connectivity index (χ2v) is 7.18. The first-order valence-electron chi connectivity index (χ1n) is 7.01. The molecule has 0 unspecified atom stereocenters. The van der Waals surface area contributed by atoms with Crippen LogP contribution in [0.5, 0.6) is 0 Å². The van der Waals surface area contributed by atoms with Gasteiger partial charge in [-0.15, -0.1) is 0 Å². The Balaban J connectivity index is 2.48.